The fraction of sp³-hybridized carbons (Fsp3) is 0.449. The van der Waals surface area contributed by atoms with Gasteiger partial charge in [0.25, 0.3) is 5.92 Å². The Morgan fingerprint density at radius 1 is 0.923 bits per heavy atom. The number of nitriles is 1. The number of likely N-dealkylation sites (tertiary alicyclic amines) is 2. The minimum absolute atomic E-state index is 0.00615. The number of carbonyl (C=O) groups excluding carboxylic acids is 4. The number of fused-ring (bicyclic) bond motifs is 6. The van der Waals surface area contributed by atoms with Gasteiger partial charge in [0.15, 0.2) is 0 Å². The number of hydrogen-bond acceptors (Lipinski definition) is 9. The number of nitrogens with zero attached hydrogens (tertiary/aromatic N) is 5. The second kappa shape index (κ2) is 15.8. The predicted molar refractivity (Wildman–Crippen MR) is 235 cm³/mol. The van der Waals surface area contributed by atoms with E-state index in [0.717, 1.165) is 61.1 Å². The van der Waals surface area contributed by atoms with Crippen LogP contribution in [0.25, 0.3) is 33.5 Å². The Morgan fingerprint density at radius 3 is 2.29 bits per heavy atom. The van der Waals surface area contributed by atoms with E-state index in [1.165, 1.54) is 20.3 Å². The molecule has 4 aromatic rings. The number of H-pyrrole nitrogens is 1. The minimum atomic E-state index is -3.29. The zero-order valence-electron chi connectivity index (χ0n) is 36.6. The van der Waals surface area contributed by atoms with Crippen molar-refractivity contribution in [2.75, 3.05) is 20.8 Å². The number of halogens is 2. The Balaban J connectivity index is 0.869. The monoisotopic (exact) mass is 884 g/mol. The highest BCUT2D eigenvalue weighted by Gasteiger charge is 2.56. The zero-order valence-corrected chi connectivity index (χ0v) is 36.6. The number of ether oxygens (including phenoxy) is 2. The number of aromatic nitrogens is 2. The van der Waals surface area contributed by atoms with Crippen molar-refractivity contribution in [3.05, 3.63) is 83.3 Å². The molecule has 1 spiro atoms. The largest absolute Gasteiger partial charge is 0.453 e. The Bertz CT molecular complexity index is 2720. The highest BCUT2D eigenvalue weighted by molar-refractivity contribution is 6.02. The molecule has 1 aromatic heterocycles. The number of alkyl halides is 2. The molecule has 3 aromatic carbocycles. The number of piperidine rings is 1. The van der Waals surface area contributed by atoms with E-state index in [4.69, 9.17) is 19.5 Å². The topological polar surface area (TPSA) is 182 Å². The highest BCUT2D eigenvalue weighted by atomic mass is 19.3. The van der Waals surface area contributed by atoms with Crippen LogP contribution in [0, 0.1) is 28.6 Å². The van der Waals surface area contributed by atoms with Crippen LogP contribution in [0.5, 0.6) is 0 Å². The Labute approximate surface area is 374 Å². The Hall–Kier alpha value is -6.63. The molecule has 0 unspecified atom stereocenters. The lowest BCUT2D eigenvalue weighted by Gasteiger charge is -2.37. The maximum Gasteiger partial charge on any atom is 0.407 e. The predicted octanol–water partition coefficient (Wildman–Crippen LogP) is 7.94. The maximum atomic E-state index is 16.7. The van der Waals surface area contributed by atoms with Gasteiger partial charge in [0.1, 0.15) is 17.9 Å². The van der Waals surface area contributed by atoms with Gasteiger partial charge in [0, 0.05) is 41.4 Å². The Kier molecular flexibility index (Phi) is 10.3. The molecule has 65 heavy (non-hydrogen) atoms. The van der Waals surface area contributed by atoms with Crippen LogP contribution < -0.4 is 10.6 Å². The smallest absolute Gasteiger partial charge is 0.407 e. The highest BCUT2D eigenvalue weighted by Crippen LogP contribution is 2.59. The van der Waals surface area contributed by atoms with E-state index in [9.17, 15) is 24.4 Å². The van der Waals surface area contributed by atoms with Crippen molar-refractivity contribution in [2.24, 2.45) is 22.2 Å². The van der Waals surface area contributed by atoms with Crippen LogP contribution in [0.3, 0.4) is 0 Å². The first kappa shape index (κ1) is 42.3. The third-order valence-electron chi connectivity index (χ3n) is 14.7. The number of nitrogens with one attached hydrogen (secondary N) is 3. The molecule has 16 heteroatoms. The quantitative estimate of drug-likeness (QED) is 0.143. The van der Waals surface area contributed by atoms with E-state index in [0.29, 0.717) is 46.7 Å². The first-order valence-corrected chi connectivity index (χ1v) is 22.3. The molecule has 4 heterocycles. The summed E-state index contributed by atoms with van der Waals surface area (Å²) in [6.45, 7) is 4.29. The number of aromatic amines is 1. The van der Waals surface area contributed by atoms with Crippen LogP contribution in [0.1, 0.15) is 87.3 Å². The van der Waals surface area contributed by atoms with Crippen molar-refractivity contribution in [3.8, 4) is 39.6 Å². The van der Waals surface area contributed by atoms with E-state index < -0.39 is 30.2 Å². The van der Waals surface area contributed by atoms with Crippen molar-refractivity contribution in [2.45, 2.75) is 101 Å². The van der Waals surface area contributed by atoms with Crippen LogP contribution in [0.4, 0.5) is 24.1 Å². The SMILES string of the molecule is COC(=O)N[C@@H](CC#N)C(=O)N1[C@@H]2CC[C@H](C2)[C@H]1C1=Nc2ccc(-c3ccc4c(c3)C(F)(F)c3cc(-c5cnc([C@@H]6CC7(CC7)CN6C(=O)[C@@H](NC(=O)OC)C(C)C)[nH]5)ccc3-4)cc2C1. The van der Waals surface area contributed by atoms with Gasteiger partial charge in [-0.25, -0.2) is 14.6 Å². The third kappa shape index (κ3) is 7.19. The standard InChI is InChI=1S/C49H50F2N8O6/c1-25(2)41(57-47(63)65-4)45(61)58-24-48(14-15-48)22-40(58)43-53-23-39(55-43)28-7-11-33-32-10-6-27(19-34(32)49(50,51)35(33)20-28)26-8-12-36-30(17-26)21-38(54-36)42-29-5-9-31(18-29)59(42)44(60)37(13-16-52)56-46(62)64-3/h6-8,10-12,17,19-20,23,25,29,31,37,40-42H,5,9,13-15,18,21-22,24H2,1-4H3,(H,53,55)(H,56,62)(H,57,63)/t29-,31-,37+,40+,41+,42+/m1/s1. The van der Waals surface area contributed by atoms with Crippen LogP contribution in [-0.2, 0) is 31.4 Å². The summed E-state index contributed by atoms with van der Waals surface area (Å²) >= 11 is 0. The normalized spacial score (nSPS) is 23.3. The fourth-order valence-electron chi connectivity index (χ4n) is 11.2. The number of methoxy groups -OCH3 is 2. The summed E-state index contributed by atoms with van der Waals surface area (Å²) in [5.41, 5.74) is 5.80. The van der Waals surface area contributed by atoms with E-state index >= 15 is 8.78 Å². The number of imidazole rings is 1. The Morgan fingerprint density at radius 2 is 1.60 bits per heavy atom. The number of alkyl carbamates (subject to hydrolysis) is 2. The second-order valence-electron chi connectivity index (χ2n) is 18.9. The van der Waals surface area contributed by atoms with E-state index in [1.54, 1.807) is 29.3 Å². The summed E-state index contributed by atoms with van der Waals surface area (Å²) in [7, 11) is 2.47. The molecule has 336 valence electrons. The van der Waals surface area contributed by atoms with E-state index in [2.05, 4.69) is 15.6 Å². The molecule has 6 atom stereocenters. The lowest BCUT2D eigenvalue weighted by Crippen LogP contribution is -2.56. The first-order valence-electron chi connectivity index (χ1n) is 22.3. The molecular weight excluding hydrogens is 835 g/mol. The summed E-state index contributed by atoms with van der Waals surface area (Å²) in [6, 6.07) is 15.6. The number of amides is 4. The molecule has 3 aliphatic heterocycles. The number of aliphatic imine (C=N–C) groups is 1. The summed E-state index contributed by atoms with van der Waals surface area (Å²) < 4.78 is 42.9. The molecule has 6 aliphatic rings. The van der Waals surface area contributed by atoms with Crippen molar-refractivity contribution >= 4 is 35.4 Å². The average Bonchev–Trinajstić information content (AvgIpc) is 3.96. The molecular formula is C49H50F2N8O6. The maximum absolute atomic E-state index is 16.7. The molecule has 2 saturated heterocycles. The van der Waals surface area contributed by atoms with Gasteiger partial charge < -0.3 is 34.9 Å². The molecule has 3 aliphatic carbocycles. The van der Waals surface area contributed by atoms with Gasteiger partial charge in [0.05, 0.1) is 56.4 Å². The number of carbonyl (C=O) groups is 4. The molecule has 4 amide bonds. The second-order valence-corrected chi connectivity index (χ2v) is 18.9. The molecule has 0 radical (unpaired) electrons. The molecule has 10 rings (SSSR count). The third-order valence-corrected chi connectivity index (χ3v) is 14.7. The van der Waals surface area contributed by atoms with Crippen LogP contribution >= 0.6 is 0 Å². The van der Waals surface area contributed by atoms with Crippen molar-refractivity contribution in [3.63, 3.8) is 0 Å². The summed E-state index contributed by atoms with van der Waals surface area (Å²) in [6.07, 6.45) is 5.80. The van der Waals surface area contributed by atoms with Gasteiger partial charge in [0.2, 0.25) is 11.8 Å². The van der Waals surface area contributed by atoms with Crippen molar-refractivity contribution in [1.82, 2.24) is 30.4 Å². The van der Waals surface area contributed by atoms with Gasteiger partial charge in [-0.05, 0) is 108 Å². The van der Waals surface area contributed by atoms with Gasteiger partial charge in [-0.15, -0.1) is 0 Å². The number of rotatable bonds is 10. The molecule has 2 saturated carbocycles. The van der Waals surface area contributed by atoms with Crippen LogP contribution in [0.15, 0.2) is 65.8 Å². The zero-order chi connectivity index (χ0) is 45.5. The van der Waals surface area contributed by atoms with E-state index in [-0.39, 0.29) is 64.7 Å². The summed E-state index contributed by atoms with van der Waals surface area (Å²) in [5.74, 6) is -3.23. The van der Waals surface area contributed by atoms with Gasteiger partial charge >= 0.3 is 12.2 Å². The van der Waals surface area contributed by atoms with Gasteiger partial charge in [-0.1, -0.05) is 44.2 Å². The molecule has 2 bridgehead atoms. The van der Waals surface area contributed by atoms with Crippen molar-refractivity contribution < 1.29 is 37.4 Å². The van der Waals surface area contributed by atoms with Crippen LogP contribution in [-0.4, -0.2) is 94.4 Å². The lowest BCUT2D eigenvalue weighted by atomic mass is 9.91. The van der Waals surface area contributed by atoms with Crippen molar-refractivity contribution in [1.29, 1.82) is 5.26 Å². The average molecular weight is 885 g/mol. The summed E-state index contributed by atoms with van der Waals surface area (Å²) in [5, 5.41) is 14.7. The molecule has 14 nitrogen and oxygen atoms in total. The molecule has 4 fully saturated rings. The van der Waals surface area contributed by atoms with Gasteiger partial charge in [-0.2, -0.15) is 14.0 Å². The number of hydrogen-bond donors (Lipinski definition) is 3. The van der Waals surface area contributed by atoms with E-state index in [1.807, 2.05) is 55.1 Å². The van der Waals surface area contributed by atoms with Crippen LogP contribution in [0.2, 0.25) is 0 Å². The van der Waals surface area contributed by atoms with Gasteiger partial charge in [-0.3, -0.25) is 14.6 Å². The fourth-order valence-corrected chi connectivity index (χ4v) is 11.2. The molecule has 3 N–H and O–H groups in total. The minimum Gasteiger partial charge on any atom is -0.453 e. The lowest BCUT2D eigenvalue weighted by molar-refractivity contribution is -0.136. The number of benzene rings is 3. The summed E-state index contributed by atoms with van der Waals surface area (Å²) in [4.78, 5) is 68.8. The first-order chi connectivity index (χ1) is 31.2.